The van der Waals surface area contributed by atoms with Gasteiger partial charge in [0.15, 0.2) is 0 Å². The maximum atomic E-state index is 12.4. The van der Waals surface area contributed by atoms with Crippen molar-refractivity contribution < 1.29 is 8.42 Å². The molecule has 0 unspecified atom stereocenters. The highest BCUT2D eigenvalue weighted by molar-refractivity contribution is 9.11. The van der Waals surface area contributed by atoms with Crippen molar-refractivity contribution in [2.75, 3.05) is 11.8 Å². The second kappa shape index (κ2) is 6.66. The van der Waals surface area contributed by atoms with Crippen LogP contribution in [0.25, 0.3) is 0 Å². The predicted octanol–water partition coefficient (Wildman–Crippen LogP) is 3.99. The Bertz CT molecular complexity index is 760. The van der Waals surface area contributed by atoms with Crippen LogP contribution in [0.1, 0.15) is 10.4 Å². The summed E-state index contributed by atoms with van der Waals surface area (Å²) in [6.07, 6.45) is 0. The Kier molecular flexibility index (Phi) is 5.32. The zero-order valence-electron chi connectivity index (χ0n) is 11.4. The standard InChI is InChI=1S/C13H14BrClN2O2S2/c1-8-3-4-9(5-11(8)15)17-21(18,19)12-6-10(7-16-2)20-13(12)14/h3-6,16-17H,7H2,1-2H3. The summed E-state index contributed by atoms with van der Waals surface area (Å²) >= 11 is 10.7. The Balaban J connectivity index is 2.31. The Morgan fingerprint density at radius 1 is 1.33 bits per heavy atom. The fraction of sp³-hybridized carbons (Fsp3) is 0.231. The van der Waals surface area contributed by atoms with Crippen LogP contribution in [-0.4, -0.2) is 15.5 Å². The first-order valence-electron chi connectivity index (χ1n) is 6.05. The summed E-state index contributed by atoms with van der Waals surface area (Å²) in [5, 5.41) is 3.52. The number of nitrogens with one attached hydrogen (secondary N) is 2. The van der Waals surface area contributed by atoms with Gasteiger partial charge in [0.2, 0.25) is 0 Å². The fourth-order valence-corrected chi connectivity index (χ4v) is 5.63. The van der Waals surface area contributed by atoms with Gasteiger partial charge in [-0.2, -0.15) is 0 Å². The molecule has 0 spiro atoms. The smallest absolute Gasteiger partial charge is 0.263 e. The molecule has 0 aliphatic heterocycles. The van der Waals surface area contributed by atoms with Crippen molar-refractivity contribution in [1.29, 1.82) is 0 Å². The molecule has 0 aliphatic carbocycles. The van der Waals surface area contributed by atoms with Crippen LogP contribution >= 0.6 is 38.9 Å². The zero-order chi connectivity index (χ0) is 15.6. The minimum absolute atomic E-state index is 0.231. The summed E-state index contributed by atoms with van der Waals surface area (Å²) in [5.41, 5.74) is 1.34. The molecular formula is C13H14BrClN2O2S2. The molecule has 114 valence electrons. The number of halogens is 2. The summed E-state index contributed by atoms with van der Waals surface area (Å²) in [6, 6.07) is 6.72. The minimum atomic E-state index is -3.64. The second-order valence-electron chi connectivity index (χ2n) is 4.45. The van der Waals surface area contributed by atoms with E-state index in [4.69, 9.17) is 11.6 Å². The van der Waals surface area contributed by atoms with Crippen molar-refractivity contribution in [1.82, 2.24) is 5.32 Å². The van der Waals surface area contributed by atoms with Gasteiger partial charge in [0.1, 0.15) is 4.90 Å². The van der Waals surface area contributed by atoms with E-state index in [0.29, 0.717) is 21.0 Å². The molecule has 0 aliphatic rings. The van der Waals surface area contributed by atoms with Gasteiger partial charge in [-0.3, -0.25) is 4.72 Å². The lowest BCUT2D eigenvalue weighted by Crippen LogP contribution is -2.12. The highest BCUT2D eigenvalue weighted by Crippen LogP contribution is 2.33. The van der Waals surface area contributed by atoms with E-state index >= 15 is 0 Å². The van der Waals surface area contributed by atoms with Gasteiger partial charge < -0.3 is 5.32 Å². The van der Waals surface area contributed by atoms with Gasteiger partial charge in [-0.15, -0.1) is 11.3 Å². The van der Waals surface area contributed by atoms with Gasteiger partial charge >= 0.3 is 0 Å². The molecule has 4 nitrogen and oxygen atoms in total. The molecule has 0 fully saturated rings. The molecule has 2 aromatic rings. The number of anilines is 1. The Labute approximate surface area is 141 Å². The molecule has 0 saturated carbocycles. The van der Waals surface area contributed by atoms with Gasteiger partial charge in [0.05, 0.1) is 9.47 Å². The summed E-state index contributed by atoms with van der Waals surface area (Å²) in [7, 11) is -1.83. The van der Waals surface area contributed by atoms with Gasteiger partial charge in [-0.1, -0.05) is 17.7 Å². The van der Waals surface area contributed by atoms with E-state index < -0.39 is 10.0 Å². The van der Waals surface area contributed by atoms with E-state index in [0.717, 1.165) is 10.4 Å². The number of hydrogen-bond acceptors (Lipinski definition) is 4. The molecule has 0 atom stereocenters. The molecule has 0 bridgehead atoms. The topological polar surface area (TPSA) is 58.2 Å². The first-order valence-corrected chi connectivity index (χ1v) is 9.52. The largest absolute Gasteiger partial charge is 0.315 e. The van der Waals surface area contributed by atoms with E-state index in [1.807, 2.05) is 14.0 Å². The monoisotopic (exact) mass is 408 g/mol. The van der Waals surface area contributed by atoms with Crippen LogP contribution in [0.4, 0.5) is 5.69 Å². The average Bonchev–Trinajstić information content (AvgIpc) is 2.76. The Morgan fingerprint density at radius 3 is 2.67 bits per heavy atom. The van der Waals surface area contributed by atoms with Crippen molar-refractivity contribution in [3.8, 4) is 0 Å². The van der Waals surface area contributed by atoms with Crippen LogP contribution in [0.3, 0.4) is 0 Å². The van der Waals surface area contributed by atoms with Crippen molar-refractivity contribution in [3.63, 3.8) is 0 Å². The molecule has 2 rings (SSSR count). The maximum absolute atomic E-state index is 12.4. The summed E-state index contributed by atoms with van der Waals surface area (Å²) in [4.78, 5) is 1.17. The maximum Gasteiger partial charge on any atom is 0.263 e. The summed E-state index contributed by atoms with van der Waals surface area (Å²) in [5.74, 6) is 0. The van der Waals surface area contributed by atoms with Crippen molar-refractivity contribution in [2.24, 2.45) is 0 Å². The van der Waals surface area contributed by atoms with Crippen LogP contribution in [-0.2, 0) is 16.6 Å². The molecule has 0 radical (unpaired) electrons. The van der Waals surface area contributed by atoms with E-state index in [2.05, 4.69) is 26.0 Å². The van der Waals surface area contributed by atoms with E-state index in [1.54, 1.807) is 24.3 Å². The number of hydrogen-bond donors (Lipinski definition) is 2. The first kappa shape index (κ1) is 16.8. The SMILES string of the molecule is CNCc1cc(S(=O)(=O)Nc2ccc(C)c(Cl)c2)c(Br)s1. The second-order valence-corrected chi connectivity index (χ2v) is 8.96. The molecule has 2 N–H and O–H groups in total. The molecular weight excluding hydrogens is 396 g/mol. The molecule has 8 heteroatoms. The van der Waals surface area contributed by atoms with Crippen molar-refractivity contribution >= 4 is 54.6 Å². The van der Waals surface area contributed by atoms with E-state index in [-0.39, 0.29) is 4.90 Å². The Hall–Kier alpha value is -0.600. The number of rotatable bonds is 5. The minimum Gasteiger partial charge on any atom is -0.315 e. The van der Waals surface area contributed by atoms with Gasteiger partial charge in [0, 0.05) is 16.4 Å². The number of benzene rings is 1. The third-order valence-corrected chi connectivity index (χ3v) is 6.81. The summed E-state index contributed by atoms with van der Waals surface area (Å²) < 4.78 is 28.0. The molecule has 21 heavy (non-hydrogen) atoms. The number of thiophene rings is 1. The Morgan fingerprint density at radius 2 is 2.05 bits per heavy atom. The quantitative estimate of drug-likeness (QED) is 0.785. The van der Waals surface area contributed by atoms with Gasteiger partial charge in [0.25, 0.3) is 10.0 Å². The molecule has 0 saturated heterocycles. The van der Waals surface area contributed by atoms with Crippen LogP contribution in [0, 0.1) is 6.92 Å². The highest BCUT2D eigenvalue weighted by Gasteiger charge is 2.21. The normalized spacial score (nSPS) is 11.6. The van der Waals surface area contributed by atoms with Crippen LogP contribution in [0.15, 0.2) is 32.9 Å². The van der Waals surface area contributed by atoms with Crippen LogP contribution in [0.2, 0.25) is 5.02 Å². The fourth-order valence-electron chi connectivity index (χ4n) is 1.71. The van der Waals surface area contributed by atoms with E-state index in [1.165, 1.54) is 11.3 Å². The van der Waals surface area contributed by atoms with Crippen molar-refractivity contribution in [3.05, 3.63) is 43.5 Å². The van der Waals surface area contributed by atoms with E-state index in [9.17, 15) is 8.42 Å². The highest BCUT2D eigenvalue weighted by atomic mass is 79.9. The molecule has 0 amide bonds. The molecule has 1 heterocycles. The lowest BCUT2D eigenvalue weighted by molar-refractivity contribution is 0.601. The lowest BCUT2D eigenvalue weighted by atomic mass is 10.2. The van der Waals surface area contributed by atoms with Gasteiger partial charge in [-0.05, 0) is 53.7 Å². The number of sulfonamides is 1. The average molecular weight is 410 g/mol. The molecule has 1 aromatic heterocycles. The third kappa shape index (κ3) is 3.98. The lowest BCUT2D eigenvalue weighted by Gasteiger charge is -2.08. The predicted molar refractivity (Wildman–Crippen MR) is 91.8 cm³/mol. The zero-order valence-corrected chi connectivity index (χ0v) is 15.4. The molecule has 1 aromatic carbocycles. The van der Waals surface area contributed by atoms with Crippen molar-refractivity contribution in [2.45, 2.75) is 18.4 Å². The summed E-state index contributed by atoms with van der Waals surface area (Å²) in [6.45, 7) is 2.48. The van der Waals surface area contributed by atoms with Gasteiger partial charge in [-0.25, -0.2) is 8.42 Å². The first-order chi connectivity index (χ1) is 9.83. The van der Waals surface area contributed by atoms with Crippen LogP contribution in [0.5, 0.6) is 0 Å². The van der Waals surface area contributed by atoms with Crippen LogP contribution < -0.4 is 10.0 Å². The third-order valence-electron chi connectivity index (χ3n) is 2.77. The number of aryl methyl sites for hydroxylation is 1.